The maximum atomic E-state index is 12.3. The highest BCUT2D eigenvalue weighted by Gasteiger charge is 2.35. The fourth-order valence-electron chi connectivity index (χ4n) is 2.16. The molecule has 6 heteroatoms. The molecule has 0 saturated heterocycles. The van der Waals surface area contributed by atoms with Crippen LogP contribution in [0, 0.1) is 0 Å². The largest absolute Gasteiger partial charge is 0.383 e. The summed E-state index contributed by atoms with van der Waals surface area (Å²) in [4.78, 5) is 29.7. The van der Waals surface area contributed by atoms with Crippen LogP contribution in [0.15, 0.2) is 41.0 Å². The van der Waals surface area contributed by atoms with E-state index in [4.69, 9.17) is 5.73 Å². The number of anilines is 1. The maximum absolute atomic E-state index is 12.3. The van der Waals surface area contributed by atoms with Gasteiger partial charge in [0, 0.05) is 16.2 Å². The Morgan fingerprint density at radius 1 is 1.15 bits per heavy atom. The zero-order valence-electron chi connectivity index (χ0n) is 10.3. The van der Waals surface area contributed by atoms with Gasteiger partial charge in [-0.15, -0.1) is 0 Å². The summed E-state index contributed by atoms with van der Waals surface area (Å²) in [7, 11) is 0. The minimum atomic E-state index is -0.311. The molecule has 1 aliphatic heterocycles. The molecule has 0 unspecified atom stereocenters. The van der Waals surface area contributed by atoms with E-state index in [0.29, 0.717) is 22.5 Å². The van der Waals surface area contributed by atoms with Crippen LogP contribution < -0.4 is 5.73 Å². The van der Waals surface area contributed by atoms with Gasteiger partial charge < -0.3 is 5.73 Å². The summed E-state index contributed by atoms with van der Waals surface area (Å²) < 4.78 is 0.764. The van der Waals surface area contributed by atoms with Crippen LogP contribution in [-0.2, 0) is 6.54 Å². The third-order valence-corrected chi connectivity index (χ3v) is 3.68. The van der Waals surface area contributed by atoms with Crippen LogP contribution in [0.1, 0.15) is 26.3 Å². The van der Waals surface area contributed by atoms with Gasteiger partial charge in [-0.05, 0) is 24.3 Å². The summed E-state index contributed by atoms with van der Waals surface area (Å²) in [6.07, 6.45) is 1.57. The molecule has 100 valence electrons. The Bertz CT molecular complexity index is 730. The number of aromatic nitrogens is 1. The minimum absolute atomic E-state index is 0.129. The summed E-state index contributed by atoms with van der Waals surface area (Å²) >= 11 is 3.30. The topological polar surface area (TPSA) is 76.3 Å². The molecule has 20 heavy (non-hydrogen) atoms. The minimum Gasteiger partial charge on any atom is -0.383 e. The normalized spacial score (nSPS) is 13.8. The monoisotopic (exact) mass is 331 g/mol. The summed E-state index contributed by atoms with van der Waals surface area (Å²) in [6.45, 7) is 0.129. The van der Waals surface area contributed by atoms with Crippen molar-refractivity contribution in [2.24, 2.45) is 0 Å². The van der Waals surface area contributed by atoms with Crippen LogP contribution in [-0.4, -0.2) is 21.7 Å². The van der Waals surface area contributed by atoms with Gasteiger partial charge in [0.1, 0.15) is 5.82 Å². The second-order valence-electron chi connectivity index (χ2n) is 4.43. The molecular weight excluding hydrogens is 322 g/mol. The van der Waals surface area contributed by atoms with Gasteiger partial charge >= 0.3 is 0 Å². The highest BCUT2D eigenvalue weighted by atomic mass is 79.9. The molecule has 0 radical (unpaired) electrons. The Morgan fingerprint density at radius 2 is 1.90 bits per heavy atom. The first-order chi connectivity index (χ1) is 9.58. The molecular formula is C14H10BrN3O2. The average Bonchev–Trinajstić information content (AvgIpc) is 2.66. The highest BCUT2D eigenvalue weighted by Crippen LogP contribution is 2.27. The van der Waals surface area contributed by atoms with Gasteiger partial charge in [-0.2, -0.15) is 0 Å². The van der Waals surface area contributed by atoms with Gasteiger partial charge in [0.25, 0.3) is 11.8 Å². The molecule has 2 heterocycles. The van der Waals surface area contributed by atoms with Crippen molar-refractivity contribution < 1.29 is 9.59 Å². The molecule has 1 aromatic heterocycles. The molecule has 0 atom stereocenters. The molecule has 0 saturated carbocycles. The number of carbonyl (C=O) groups excluding carboxylic acids is 2. The predicted molar refractivity (Wildman–Crippen MR) is 77.0 cm³/mol. The summed E-state index contributed by atoms with van der Waals surface area (Å²) in [5.41, 5.74) is 7.23. The van der Waals surface area contributed by atoms with Gasteiger partial charge in [-0.25, -0.2) is 4.98 Å². The third-order valence-electron chi connectivity index (χ3n) is 3.19. The number of nitrogens with two attached hydrogens (primary N) is 1. The van der Waals surface area contributed by atoms with Gasteiger partial charge in [-0.1, -0.05) is 22.0 Å². The number of rotatable bonds is 2. The molecule has 0 bridgehead atoms. The number of halogens is 1. The van der Waals surface area contributed by atoms with E-state index in [9.17, 15) is 9.59 Å². The SMILES string of the molecule is Nc1ncccc1CN1C(=O)c2ccc(Br)cc2C1=O. The maximum Gasteiger partial charge on any atom is 0.261 e. The van der Waals surface area contributed by atoms with E-state index in [1.54, 1.807) is 36.5 Å². The molecule has 2 N–H and O–H groups in total. The lowest BCUT2D eigenvalue weighted by atomic mass is 10.1. The van der Waals surface area contributed by atoms with E-state index < -0.39 is 0 Å². The molecule has 1 aliphatic rings. The van der Waals surface area contributed by atoms with Gasteiger partial charge in [0.05, 0.1) is 17.7 Å². The Balaban J connectivity index is 1.96. The van der Waals surface area contributed by atoms with Crippen LogP contribution >= 0.6 is 15.9 Å². The standard InChI is InChI=1S/C14H10BrN3O2/c15-9-3-4-10-11(6-9)14(20)18(13(10)19)7-8-2-1-5-17-12(8)16/h1-6H,7H2,(H2,16,17). The van der Waals surface area contributed by atoms with Crippen LogP contribution in [0.25, 0.3) is 0 Å². The number of nitrogen functional groups attached to an aromatic ring is 1. The Morgan fingerprint density at radius 3 is 2.65 bits per heavy atom. The number of pyridine rings is 1. The number of hydrogen-bond acceptors (Lipinski definition) is 4. The quantitative estimate of drug-likeness (QED) is 0.856. The number of fused-ring (bicyclic) bond motifs is 1. The summed E-state index contributed by atoms with van der Waals surface area (Å²) in [5.74, 6) is -0.291. The second-order valence-corrected chi connectivity index (χ2v) is 5.35. The van der Waals surface area contributed by atoms with Crippen LogP contribution in [0.2, 0.25) is 0 Å². The van der Waals surface area contributed by atoms with Crippen molar-refractivity contribution in [3.8, 4) is 0 Å². The lowest BCUT2D eigenvalue weighted by Crippen LogP contribution is -2.29. The lowest BCUT2D eigenvalue weighted by molar-refractivity contribution is 0.0642. The number of nitrogens with zero attached hydrogens (tertiary/aromatic N) is 2. The van der Waals surface area contributed by atoms with Crippen molar-refractivity contribution in [3.63, 3.8) is 0 Å². The first kappa shape index (κ1) is 12.8. The number of benzene rings is 1. The van der Waals surface area contributed by atoms with Crippen molar-refractivity contribution in [2.45, 2.75) is 6.54 Å². The van der Waals surface area contributed by atoms with Crippen molar-refractivity contribution in [2.75, 3.05) is 5.73 Å². The molecule has 0 fully saturated rings. The van der Waals surface area contributed by atoms with E-state index in [0.717, 1.165) is 4.47 Å². The first-order valence-corrected chi connectivity index (χ1v) is 6.72. The van der Waals surface area contributed by atoms with Gasteiger partial charge in [-0.3, -0.25) is 14.5 Å². The number of hydrogen-bond donors (Lipinski definition) is 1. The Kier molecular flexibility index (Phi) is 3.02. The van der Waals surface area contributed by atoms with Gasteiger partial charge in [0.2, 0.25) is 0 Å². The van der Waals surface area contributed by atoms with Crippen LogP contribution in [0.3, 0.4) is 0 Å². The molecule has 0 aliphatic carbocycles. The molecule has 2 aromatic rings. The lowest BCUT2D eigenvalue weighted by Gasteiger charge is -2.14. The fourth-order valence-corrected chi connectivity index (χ4v) is 2.52. The molecule has 5 nitrogen and oxygen atoms in total. The zero-order valence-corrected chi connectivity index (χ0v) is 11.9. The predicted octanol–water partition coefficient (Wildman–Crippen LogP) is 2.22. The van der Waals surface area contributed by atoms with E-state index in [1.165, 1.54) is 4.90 Å². The van der Waals surface area contributed by atoms with Crippen molar-refractivity contribution in [1.82, 2.24) is 9.88 Å². The zero-order chi connectivity index (χ0) is 14.3. The summed E-state index contributed by atoms with van der Waals surface area (Å²) in [6, 6.07) is 8.52. The Hall–Kier alpha value is -2.21. The first-order valence-electron chi connectivity index (χ1n) is 5.93. The smallest absolute Gasteiger partial charge is 0.261 e. The van der Waals surface area contributed by atoms with Crippen molar-refractivity contribution in [1.29, 1.82) is 0 Å². The molecule has 2 amide bonds. The number of imide groups is 1. The van der Waals surface area contributed by atoms with Crippen LogP contribution in [0.5, 0.6) is 0 Å². The molecule has 1 aromatic carbocycles. The highest BCUT2D eigenvalue weighted by molar-refractivity contribution is 9.10. The van der Waals surface area contributed by atoms with Crippen LogP contribution in [0.4, 0.5) is 5.82 Å². The molecule has 3 rings (SSSR count). The second kappa shape index (κ2) is 4.72. The Labute approximate surface area is 123 Å². The number of amides is 2. The van der Waals surface area contributed by atoms with E-state index in [-0.39, 0.29) is 18.4 Å². The van der Waals surface area contributed by atoms with Crippen molar-refractivity contribution >= 4 is 33.6 Å². The van der Waals surface area contributed by atoms with Gasteiger partial charge in [0.15, 0.2) is 0 Å². The summed E-state index contributed by atoms with van der Waals surface area (Å²) in [5, 5.41) is 0. The van der Waals surface area contributed by atoms with E-state index >= 15 is 0 Å². The van der Waals surface area contributed by atoms with E-state index in [2.05, 4.69) is 20.9 Å². The van der Waals surface area contributed by atoms with Crippen molar-refractivity contribution in [3.05, 3.63) is 57.7 Å². The fraction of sp³-hybridized carbons (Fsp3) is 0.0714. The average molecular weight is 332 g/mol. The van der Waals surface area contributed by atoms with E-state index in [1.807, 2.05) is 0 Å². The molecule has 0 spiro atoms. The number of carbonyl (C=O) groups is 2. The third kappa shape index (κ3) is 1.98.